The number of hydrogen-bond donors (Lipinski definition) is 4. The summed E-state index contributed by atoms with van der Waals surface area (Å²) in [5.74, 6) is -1.55. The van der Waals surface area contributed by atoms with Crippen LogP contribution in [0.25, 0.3) is 0 Å². The molecule has 0 spiro atoms. The molecule has 5 atom stereocenters. The maximum atomic E-state index is 13.0. The summed E-state index contributed by atoms with van der Waals surface area (Å²) >= 11 is 0. The van der Waals surface area contributed by atoms with Crippen molar-refractivity contribution in [1.82, 2.24) is 0 Å². The average molecular weight is 1600 g/mol. The molecule has 0 radical (unpaired) electrons. The Morgan fingerprint density at radius 3 is 0.730 bits per heavy atom. The maximum absolute atomic E-state index is 13.0. The largest absolute Gasteiger partial charge is 0.472 e. The first-order valence-corrected chi connectivity index (χ1v) is 48.5. The van der Waals surface area contributed by atoms with E-state index >= 15 is 0 Å². The van der Waals surface area contributed by atoms with Gasteiger partial charge in [0.2, 0.25) is 0 Å². The van der Waals surface area contributed by atoms with E-state index in [9.17, 15) is 43.5 Å². The van der Waals surface area contributed by atoms with Crippen LogP contribution < -0.4 is 0 Å². The Balaban J connectivity index is 4.40. The second kappa shape index (κ2) is 85.8. The van der Waals surface area contributed by atoms with Crippen molar-refractivity contribution in [1.29, 1.82) is 0 Å². The van der Waals surface area contributed by atoms with E-state index in [1.165, 1.54) is 257 Å². The monoisotopic (exact) mass is 1600 g/mol. The Morgan fingerprint density at radius 2 is 0.450 bits per heavy atom. The number of ether oxygens (including phenoxy) is 3. The highest BCUT2D eigenvalue weighted by Gasteiger charge is 2.29. The number of aliphatic hydroxyl groups excluding tert-OH is 2. The van der Waals surface area contributed by atoms with Crippen LogP contribution in [0.2, 0.25) is 0 Å². The molecular weight excluding hydrogens is 1430 g/mol. The third-order valence-corrected chi connectivity index (χ3v) is 21.7. The van der Waals surface area contributed by atoms with Crippen LogP contribution in [0.3, 0.4) is 0 Å². The number of hydrogen-bond acceptors (Lipinski definition) is 14. The lowest BCUT2D eigenvalue weighted by molar-refractivity contribution is -0.161. The lowest BCUT2D eigenvalue weighted by Crippen LogP contribution is -2.30. The van der Waals surface area contributed by atoms with Crippen LogP contribution in [-0.2, 0) is 55.8 Å². The minimum absolute atomic E-state index is 0.110. The zero-order valence-corrected chi connectivity index (χ0v) is 72.9. The van der Waals surface area contributed by atoms with Gasteiger partial charge in [-0.15, -0.1) is 0 Å². The fourth-order valence-corrected chi connectivity index (χ4v) is 14.4. The molecule has 0 aromatic heterocycles. The van der Waals surface area contributed by atoms with E-state index in [-0.39, 0.29) is 19.3 Å². The van der Waals surface area contributed by atoms with Crippen molar-refractivity contribution in [3.8, 4) is 0 Å². The van der Waals surface area contributed by atoms with Crippen LogP contribution >= 0.6 is 15.6 Å². The molecule has 16 nitrogen and oxygen atoms in total. The van der Waals surface area contributed by atoms with Gasteiger partial charge in [0.15, 0.2) is 6.10 Å². The molecule has 0 saturated carbocycles. The van der Waals surface area contributed by atoms with E-state index < -0.39 is 91.5 Å². The summed E-state index contributed by atoms with van der Waals surface area (Å²) < 4.78 is 61.4. The van der Waals surface area contributed by atoms with Gasteiger partial charge in [-0.1, -0.05) is 388 Å². The minimum Gasteiger partial charge on any atom is -0.463 e. The molecule has 0 bridgehead atoms. The summed E-state index contributed by atoms with van der Waals surface area (Å²) in [6.45, 7) is 2.70. The van der Waals surface area contributed by atoms with Gasteiger partial charge >= 0.3 is 33.6 Å². The van der Waals surface area contributed by atoms with Crippen LogP contribution in [0, 0.1) is 0 Å². The Kier molecular flexibility index (Phi) is 83.1. The topological polar surface area (TPSA) is 231 Å². The molecule has 0 heterocycles. The van der Waals surface area contributed by atoms with Crippen molar-refractivity contribution < 1.29 is 75.8 Å². The molecule has 0 amide bonds. The quantitative estimate of drug-likeness (QED) is 0.0146. The number of aliphatic hydroxyl groups is 2. The Labute approximate surface area is 679 Å². The summed E-state index contributed by atoms with van der Waals surface area (Å²) in [6.07, 6.45) is 102. The average Bonchev–Trinajstić information content (AvgIpc) is 0.928. The molecule has 0 rings (SSSR count). The number of unbranched alkanes of at least 4 members (excludes halogenated alkanes) is 48. The molecule has 111 heavy (non-hydrogen) atoms. The third-order valence-electron chi connectivity index (χ3n) is 19.8. The van der Waals surface area contributed by atoms with Crippen LogP contribution in [0.1, 0.15) is 419 Å². The third kappa shape index (κ3) is 87.2. The van der Waals surface area contributed by atoms with E-state index in [0.717, 1.165) is 103 Å². The van der Waals surface area contributed by atoms with Crippen LogP contribution in [0.4, 0.5) is 0 Å². The maximum Gasteiger partial charge on any atom is 0.472 e. The summed E-state index contributed by atoms with van der Waals surface area (Å²) in [7, 11) is -9.78. The molecule has 0 aromatic carbocycles. The first-order chi connectivity index (χ1) is 54.2. The molecule has 646 valence electrons. The zero-order valence-electron chi connectivity index (χ0n) is 71.1. The number of carbonyl (C=O) groups is 3. The summed E-state index contributed by atoms with van der Waals surface area (Å²) in [6, 6.07) is 0. The van der Waals surface area contributed by atoms with Gasteiger partial charge in [-0.3, -0.25) is 32.5 Å². The van der Waals surface area contributed by atoms with Gasteiger partial charge in [-0.2, -0.15) is 0 Å². The first-order valence-electron chi connectivity index (χ1n) is 45.5. The summed E-state index contributed by atoms with van der Waals surface area (Å²) in [5.41, 5.74) is 0. The van der Waals surface area contributed by atoms with Gasteiger partial charge in [0.05, 0.1) is 26.4 Å². The number of carbonyl (C=O) groups excluding carboxylic acids is 3. The summed E-state index contributed by atoms with van der Waals surface area (Å²) in [4.78, 5) is 58.8. The van der Waals surface area contributed by atoms with E-state index in [4.69, 9.17) is 32.3 Å². The molecule has 0 aliphatic carbocycles. The van der Waals surface area contributed by atoms with Crippen molar-refractivity contribution in [2.75, 3.05) is 39.6 Å². The van der Waals surface area contributed by atoms with Crippen molar-refractivity contribution in [3.05, 3.63) is 97.2 Å². The molecule has 18 heteroatoms. The highest BCUT2D eigenvalue weighted by molar-refractivity contribution is 7.47. The Bertz CT molecular complexity index is 2400. The van der Waals surface area contributed by atoms with Gasteiger partial charge < -0.3 is 34.2 Å². The normalized spacial score (nSPS) is 14.3. The molecular formula is C93H168O16P2. The number of phosphoric ester groups is 2. The van der Waals surface area contributed by atoms with E-state index in [2.05, 4.69) is 118 Å². The summed E-state index contributed by atoms with van der Waals surface area (Å²) in [5, 5.41) is 20.7. The van der Waals surface area contributed by atoms with Gasteiger partial charge in [0, 0.05) is 19.3 Å². The highest BCUT2D eigenvalue weighted by atomic mass is 31.2. The molecule has 0 saturated heterocycles. The van der Waals surface area contributed by atoms with E-state index in [0.29, 0.717) is 19.3 Å². The Morgan fingerprint density at radius 1 is 0.252 bits per heavy atom. The standard InChI is InChI=1S/C93H168O16P2/c1-4-7-10-13-16-19-22-25-27-29-31-33-35-37-39-41-43-45-47-49-51-53-55-57-59-62-64-67-70-73-76-79-91(96)103-82-88(94)83-105-110(99,100)106-84-89(95)85-107-111(101,102)108-87-90(109-93(98)81-78-75-72-69-66-61-24-21-18-15-12-9-6-3)86-104-92(97)80-77-74-71-68-65-63-60-58-56-54-52-50-48-46-44-42-40-38-36-34-32-30-28-26-23-20-17-14-11-8-5-2/h16-17,19-20,25-28,31-34,37-40,88-90,94-95H,4-15,18,21-24,29-30,35-36,41-87H2,1-3H3,(H,99,100)(H,101,102)/b19-16-,20-17-,27-25-,28-26-,33-31-,34-32-,39-37-,40-38-. The van der Waals surface area contributed by atoms with Crippen molar-refractivity contribution in [3.63, 3.8) is 0 Å². The predicted octanol–water partition coefficient (Wildman–Crippen LogP) is 27.7. The van der Waals surface area contributed by atoms with Crippen molar-refractivity contribution >= 4 is 33.6 Å². The zero-order chi connectivity index (χ0) is 80.8. The van der Waals surface area contributed by atoms with Crippen LogP contribution in [0.15, 0.2) is 97.2 Å². The lowest BCUT2D eigenvalue weighted by atomic mass is 10.0. The fourth-order valence-electron chi connectivity index (χ4n) is 12.8. The van der Waals surface area contributed by atoms with Crippen LogP contribution in [-0.4, -0.2) is 95.9 Å². The Hall–Kier alpha value is -3.53. The number of rotatable bonds is 87. The second-order valence-electron chi connectivity index (χ2n) is 30.8. The number of phosphoric acid groups is 2. The second-order valence-corrected chi connectivity index (χ2v) is 33.7. The van der Waals surface area contributed by atoms with Gasteiger partial charge in [0.25, 0.3) is 0 Å². The molecule has 5 unspecified atom stereocenters. The predicted molar refractivity (Wildman–Crippen MR) is 464 cm³/mol. The molecule has 0 aliphatic heterocycles. The van der Waals surface area contributed by atoms with Crippen LogP contribution in [0.5, 0.6) is 0 Å². The van der Waals surface area contributed by atoms with Gasteiger partial charge in [-0.05, 0) is 109 Å². The molecule has 4 N–H and O–H groups in total. The lowest BCUT2D eigenvalue weighted by Gasteiger charge is -2.21. The molecule has 0 fully saturated rings. The van der Waals surface area contributed by atoms with Crippen molar-refractivity contribution in [2.45, 2.75) is 437 Å². The number of allylic oxidation sites excluding steroid dienone is 16. The SMILES string of the molecule is CCCCC/C=C\C/C=C\C/C=C\C/C=C\CCCCCCCCCCCCCCCCCC(=O)OCC(O)COP(=O)(O)OCC(O)COP(=O)(O)OCC(COC(=O)CCCCCCCCCCCCCCCCC/C=C\C/C=C\C/C=C\C/C=C\CCCCC)OC(=O)CCCCCCCCCCCCCCC. The van der Waals surface area contributed by atoms with E-state index in [1.807, 2.05) is 0 Å². The smallest absolute Gasteiger partial charge is 0.463 e. The minimum atomic E-state index is -4.93. The molecule has 0 aliphatic rings. The van der Waals surface area contributed by atoms with Gasteiger partial charge in [0.1, 0.15) is 25.4 Å². The van der Waals surface area contributed by atoms with Gasteiger partial charge in [-0.25, -0.2) is 9.13 Å². The van der Waals surface area contributed by atoms with Crippen molar-refractivity contribution in [2.24, 2.45) is 0 Å². The fraction of sp³-hybridized carbons (Fsp3) is 0.796. The van der Waals surface area contributed by atoms with E-state index in [1.54, 1.807) is 0 Å². The first kappa shape index (κ1) is 107. The highest BCUT2D eigenvalue weighted by Crippen LogP contribution is 2.45. The molecule has 0 aromatic rings. The number of esters is 3.